The third kappa shape index (κ3) is 2.71. The van der Waals surface area contributed by atoms with E-state index < -0.39 is 5.97 Å². The molecule has 0 atom stereocenters. The summed E-state index contributed by atoms with van der Waals surface area (Å²) in [6, 6.07) is 0. The van der Waals surface area contributed by atoms with E-state index in [1.54, 1.807) is 13.8 Å². The lowest BCUT2D eigenvalue weighted by molar-refractivity contribution is -0.142. The number of nitrogens with zero attached hydrogens (tertiary/aromatic N) is 1. The van der Waals surface area contributed by atoms with Crippen LogP contribution in [0.15, 0.2) is 15.7 Å². The summed E-state index contributed by atoms with van der Waals surface area (Å²) in [7, 11) is 0. The minimum absolute atomic E-state index is 0.135. The van der Waals surface area contributed by atoms with E-state index in [2.05, 4.69) is 4.99 Å². The van der Waals surface area contributed by atoms with Crippen LogP contribution in [0.2, 0.25) is 0 Å². The maximum Gasteiger partial charge on any atom is 0.337 e. The van der Waals surface area contributed by atoms with Gasteiger partial charge in [-0.1, -0.05) is 23.2 Å². The zero-order chi connectivity index (χ0) is 10.0. The molecule has 0 aromatic rings. The first kappa shape index (κ1) is 10.5. The van der Waals surface area contributed by atoms with Crippen molar-refractivity contribution in [2.45, 2.75) is 26.4 Å². The summed E-state index contributed by atoms with van der Waals surface area (Å²) < 4.78 is 4.94. The predicted molar refractivity (Wildman–Crippen MR) is 52.0 cm³/mol. The first-order valence-electron chi connectivity index (χ1n) is 3.83. The summed E-state index contributed by atoms with van der Waals surface area (Å²) in [6.07, 6.45) is 0.107. The van der Waals surface area contributed by atoms with Crippen LogP contribution in [0.5, 0.6) is 0 Å². The van der Waals surface area contributed by atoms with Crippen LogP contribution >= 0.6 is 23.2 Å². The Hall–Kier alpha value is -0.540. The van der Waals surface area contributed by atoms with Gasteiger partial charge < -0.3 is 4.74 Å². The van der Waals surface area contributed by atoms with Gasteiger partial charge in [0.15, 0.2) is 0 Å². The van der Waals surface area contributed by atoms with Gasteiger partial charge in [0.05, 0.1) is 11.7 Å². The molecule has 0 N–H and O–H groups in total. The van der Waals surface area contributed by atoms with Gasteiger partial charge >= 0.3 is 5.97 Å². The Bertz CT molecular complexity index is 295. The first-order valence-corrected chi connectivity index (χ1v) is 4.59. The van der Waals surface area contributed by atoms with Gasteiger partial charge in [-0.15, -0.1) is 0 Å². The second-order valence-electron chi connectivity index (χ2n) is 2.89. The van der Waals surface area contributed by atoms with Crippen LogP contribution in [-0.2, 0) is 9.53 Å². The molecule has 1 aliphatic heterocycles. The second-order valence-corrected chi connectivity index (χ2v) is 3.68. The van der Waals surface area contributed by atoms with Crippen LogP contribution in [-0.4, -0.2) is 17.2 Å². The molecule has 0 bridgehead atoms. The Kier molecular flexibility index (Phi) is 3.33. The molecule has 0 aromatic heterocycles. The zero-order valence-electron chi connectivity index (χ0n) is 7.30. The Labute approximate surface area is 86.4 Å². The number of esters is 1. The van der Waals surface area contributed by atoms with Gasteiger partial charge in [-0.2, -0.15) is 0 Å². The molecule has 0 amide bonds. The quantitative estimate of drug-likeness (QED) is 0.531. The Morgan fingerprint density at radius 2 is 2.15 bits per heavy atom. The summed E-state index contributed by atoms with van der Waals surface area (Å²) in [5.74, 6) is -0.445. The number of rotatable bonds is 2. The molecule has 1 aliphatic rings. The minimum Gasteiger partial charge on any atom is -0.460 e. The van der Waals surface area contributed by atoms with Gasteiger partial charge in [0.1, 0.15) is 10.3 Å². The molecule has 13 heavy (non-hydrogen) atoms. The predicted octanol–water partition coefficient (Wildman–Crippen LogP) is 2.43. The SMILES string of the molecule is CC(C)OC(=O)C1=C(Cl)N=C(Cl)C1. The average Bonchev–Trinajstić information content (AvgIpc) is 2.28. The monoisotopic (exact) mass is 221 g/mol. The fourth-order valence-electron chi connectivity index (χ4n) is 0.874. The zero-order valence-corrected chi connectivity index (χ0v) is 8.82. The molecule has 1 rings (SSSR count). The molecule has 0 saturated carbocycles. The van der Waals surface area contributed by atoms with Gasteiger partial charge in [-0.25, -0.2) is 9.79 Å². The normalized spacial score (nSPS) is 16.5. The van der Waals surface area contributed by atoms with Crippen molar-refractivity contribution in [2.24, 2.45) is 4.99 Å². The molecule has 3 nitrogen and oxygen atoms in total. The van der Waals surface area contributed by atoms with Crippen LogP contribution in [0.3, 0.4) is 0 Å². The van der Waals surface area contributed by atoms with E-state index in [4.69, 9.17) is 27.9 Å². The minimum atomic E-state index is -0.445. The molecule has 0 aromatic carbocycles. The topological polar surface area (TPSA) is 38.7 Å². The third-order valence-corrected chi connectivity index (χ3v) is 1.91. The fraction of sp³-hybridized carbons (Fsp3) is 0.500. The highest BCUT2D eigenvalue weighted by Gasteiger charge is 2.23. The van der Waals surface area contributed by atoms with Crippen molar-refractivity contribution in [3.05, 3.63) is 10.7 Å². The molecule has 0 saturated heterocycles. The molecule has 72 valence electrons. The number of carbonyl (C=O) groups excluding carboxylic acids is 1. The van der Waals surface area contributed by atoms with Crippen molar-refractivity contribution in [1.29, 1.82) is 0 Å². The standard InChI is InChI=1S/C8H9Cl2NO2/c1-4(2)13-8(12)5-3-6(9)11-7(5)10/h4H,3H2,1-2H3. The van der Waals surface area contributed by atoms with Crippen molar-refractivity contribution in [1.82, 2.24) is 0 Å². The van der Waals surface area contributed by atoms with Gasteiger partial charge in [-0.3, -0.25) is 0 Å². The maximum atomic E-state index is 11.3. The number of hydrogen-bond acceptors (Lipinski definition) is 3. The van der Waals surface area contributed by atoms with Crippen molar-refractivity contribution in [3.63, 3.8) is 0 Å². The van der Waals surface area contributed by atoms with Crippen LogP contribution in [0.1, 0.15) is 20.3 Å². The molecular weight excluding hydrogens is 213 g/mol. The second kappa shape index (κ2) is 4.11. The molecule has 5 heteroatoms. The van der Waals surface area contributed by atoms with Gasteiger partial charge in [0.2, 0.25) is 0 Å². The van der Waals surface area contributed by atoms with Crippen LogP contribution < -0.4 is 0 Å². The summed E-state index contributed by atoms with van der Waals surface area (Å²) in [5.41, 5.74) is 0.334. The maximum absolute atomic E-state index is 11.3. The van der Waals surface area contributed by atoms with E-state index >= 15 is 0 Å². The molecule has 0 aliphatic carbocycles. The number of ether oxygens (including phenoxy) is 1. The van der Waals surface area contributed by atoms with Crippen molar-refractivity contribution < 1.29 is 9.53 Å². The summed E-state index contributed by atoms with van der Waals surface area (Å²) in [6.45, 7) is 3.54. The van der Waals surface area contributed by atoms with Gasteiger partial charge in [0.25, 0.3) is 0 Å². The van der Waals surface area contributed by atoms with E-state index in [0.717, 1.165) is 0 Å². The largest absolute Gasteiger partial charge is 0.460 e. The van der Waals surface area contributed by atoms with E-state index in [1.165, 1.54) is 0 Å². The lowest BCUT2D eigenvalue weighted by atomic mass is 10.2. The summed E-state index contributed by atoms with van der Waals surface area (Å²) in [4.78, 5) is 15.0. The number of hydrogen-bond donors (Lipinski definition) is 0. The van der Waals surface area contributed by atoms with E-state index in [1.807, 2.05) is 0 Å². The fourth-order valence-corrected chi connectivity index (χ4v) is 1.38. The lowest BCUT2D eigenvalue weighted by Gasteiger charge is -2.07. The highest BCUT2D eigenvalue weighted by Crippen LogP contribution is 2.25. The van der Waals surface area contributed by atoms with Crippen LogP contribution in [0, 0.1) is 0 Å². The summed E-state index contributed by atoms with van der Waals surface area (Å²) in [5, 5.41) is 0.455. The Morgan fingerprint density at radius 3 is 2.54 bits per heavy atom. The van der Waals surface area contributed by atoms with E-state index in [0.29, 0.717) is 10.7 Å². The smallest absolute Gasteiger partial charge is 0.337 e. The Morgan fingerprint density at radius 1 is 1.54 bits per heavy atom. The van der Waals surface area contributed by atoms with E-state index in [9.17, 15) is 4.79 Å². The highest BCUT2D eigenvalue weighted by atomic mass is 35.5. The molecular formula is C8H9Cl2NO2. The first-order chi connectivity index (χ1) is 6.00. The van der Waals surface area contributed by atoms with Crippen molar-refractivity contribution in [3.8, 4) is 0 Å². The van der Waals surface area contributed by atoms with Crippen LogP contribution in [0.25, 0.3) is 0 Å². The van der Waals surface area contributed by atoms with Crippen LogP contribution in [0.4, 0.5) is 0 Å². The van der Waals surface area contributed by atoms with E-state index in [-0.39, 0.29) is 17.7 Å². The highest BCUT2D eigenvalue weighted by molar-refractivity contribution is 6.67. The van der Waals surface area contributed by atoms with Gasteiger partial charge in [-0.05, 0) is 13.8 Å². The summed E-state index contributed by atoms with van der Waals surface area (Å²) >= 11 is 11.3. The van der Waals surface area contributed by atoms with Crippen molar-refractivity contribution >= 4 is 34.3 Å². The molecule has 0 radical (unpaired) electrons. The number of halogens is 2. The van der Waals surface area contributed by atoms with Gasteiger partial charge in [0, 0.05) is 6.42 Å². The molecule has 0 fully saturated rings. The lowest BCUT2D eigenvalue weighted by Crippen LogP contribution is -2.13. The van der Waals surface area contributed by atoms with Crippen molar-refractivity contribution in [2.75, 3.05) is 0 Å². The Balaban J connectivity index is 2.66. The number of carbonyl (C=O) groups is 1. The molecule has 0 unspecified atom stereocenters. The number of aliphatic imine (C=N–C) groups is 1. The average molecular weight is 222 g/mol. The molecule has 0 spiro atoms. The third-order valence-electron chi connectivity index (χ3n) is 1.38. The molecule has 1 heterocycles.